The number of benzene rings is 2. The quantitative estimate of drug-likeness (QED) is 0.551. The number of nitrogens with one attached hydrogen (secondary N) is 1. The number of amides is 1. The monoisotopic (exact) mass is 341 g/mol. The van der Waals surface area contributed by atoms with Crippen LogP contribution in [0.1, 0.15) is 5.69 Å². The first-order chi connectivity index (χ1) is 11.6. The lowest BCUT2D eigenvalue weighted by Gasteiger charge is -2.09. The highest BCUT2D eigenvalue weighted by molar-refractivity contribution is 7.99. The van der Waals surface area contributed by atoms with Crippen LogP contribution in [-0.2, 0) is 4.79 Å². The molecule has 1 aromatic heterocycles. The first kappa shape index (κ1) is 16.0. The lowest BCUT2D eigenvalue weighted by Crippen LogP contribution is -2.32. The van der Waals surface area contributed by atoms with Crippen molar-refractivity contribution in [1.29, 1.82) is 0 Å². The van der Waals surface area contributed by atoms with Crippen LogP contribution in [0.3, 0.4) is 0 Å². The Morgan fingerprint density at radius 1 is 1.21 bits per heavy atom. The van der Waals surface area contributed by atoms with Gasteiger partial charge in [0.05, 0.1) is 5.75 Å². The van der Waals surface area contributed by atoms with E-state index < -0.39 is 5.56 Å². The maximum Gasteiger partial charge on any atom is 0.294 e. The van der Waals surface area contributed by atoms with Gasteiger partial charge in [-0.2, -0.15) is 4.68 Å². The minimum absolute atomic E-state index is 0.0671. The number of thioether (sulfide) groups is 1. The third-order valence-electron chi connectivity index (χ3n) is 3.42. The summed E-state index contributed by atoms with van der Waals surface area (Å²) in [5, 5.41) is 12.6. The Morgan fingerprint density at radius 3 is 2.79 bits per heavy atom. The third-order valence-corrected chi connectivity index (χ3v) is 4.36. The molecule has 0 bridgehead atoms. The van der Waals surface area contributed by atoms with E-state index in [1.54, 1.807) is 0 Å². The molecule has 1 heterocycles. The van der Waals surface area contributed by atoms with Gasteiger partial charge in [-0.1, -0.05) is 48.2 Å². The van der Waals surface area contributed by atoms with Crippen LogP contribution < -0.4 is 16.7 Å². The van der Waals surface area contributed by atoms with E-state index in [1.165, 1.54) is 6.92 Å². The molecule has 0 saturated heterocycles. The number of anilines is 1. The van der Waals surface area contributed by atoms with Gasteiger partial charge in [0.25, 0.3) is 5.56 Å². The van der Waals surface area contributed by atoms with Gasteiger partial charge in [0.2, 0.25) is 11.1 Å². The number of aryl methyl sites for hydroxylation is 1. The number of hydrogen-bond donors (Lipinski definition) is 2. The molecule has 0 aliphatic rings. The number of hydrogen-bond acceptors (Lipinski definition) is 6. The standard InChI is InChI=1S/C16H15N5O2S/c1-10-15(23)21(17)16(20-19-10)24-9-14(22)18-13-8-4-6-11-5-2-3-7-12(11)13/h2-8H,9,17H2,1H3,(H,18,22). The van der Waals surface area contributed by atoms with Crippen molar-refractivity contribution in [1.82, 2.24) is 14.9 Å². The number of nitrogens with two attached hydrogens (primary N) is 1. The molecular formula is C16H15N5O2S. The number of fused-ring (bicyclic) bond motifs is 1. The molecule has 3 rings (SSSR count). The van der Waals surface area contributed by atoms with Gasteiger partial charge in [-0.3, -0.25) is 9.59 Å². The highest BCUT2D eigenvalue weighted by Crippen LogP contribution is 2.23. The highest BCUT2D eigenvalue weighted by Gasteiger charge is 2.11. The molecular weight excluding hydrogens is 326 g/mol. The topological polar surface area (TPSA) is 103 Å². The zero-order valence-electron chi connectivity index (χ0n) is 12.9. The molecule has 0 aliphatic carbocycles. The number of carbonyl (C=O) groups is 1. The van der Waals surface area contributed by atoms with E-state index in [0.717, 1.165) is 32.9 Å². The van der Waals surface area contributed by atoms with E-state index in [9.17, 15) is 9.59 Å². The molecule has 1 amide bonds. The van der Waals surface area contributed by atoms with E-state index in [-0.39, 0.29) is 22.5 Å². The van der Waals surface area contributed by atoms with Crippen molar-refractivity contribution in [2.24, 2.45) is 0 Å². The molecule has 0 unspecified atom stereocenters. The van der Waals surface area contributed by atoms with E-state index in [1.807, 2.05) is 42.5 Å². The average Bonchev–Trinajstić information content (AvgIpc) is 2.59. The fourth-order valence-electron chi connectivity index (χ4n) is 2.22. The lowest BCUT2D eigenvalue weighted by molar-refractivity contribution is -0.113. The van der Waals surface area contributed by atoms with Crippen LogP contribution in [0.4, 0.5) is 5.69 Å². The van der Waals surface area contributed by atoms with Gasteiger partial charge in [-0.15, -0.1) is 10.2 Å². The number of nitrogen functional groups attached to an aromatic ring is 1. The van der Waals surface area contributed by atoms with E-state index in [4.69, 9.17) is 5.84 Å². The van der Waals surface area contributed by atoms with Crippen molar-refractivity contribution in [3.63, 3.8) is 0 Å². The van der Waals surface area contributed by atoms with Gasteiger partial charge >= 0.3 is 0 Å². The van der Waals surface area contributed by atoms with Gasteiger partial charge in [0, 0.05) is 11.1 Å². The summed E-state index contributed by atoms with van der Waals surface area (Å²) in [6.07, 6.45) is 0. The van der Waals surface area contributed by atoms with Crippen molar-refractivity contribution in [2.75, 3.05) is 16.9 Å². The van der Waals surface area contributed by atoms with Crippen LogP contribution in [0.5, 0.6) is 0 Å². The second-order valence-corrected chi connectivity index (χ2v) is 6.05. The Morgan fingerprint density at radius 2 is 1.96 bits per heavy atom. The summed E-state index contributed by atoms with van der Waals surface area (Å²) in [5.74, 6) is 5.50. The summed E-state index contributed by atoms with van der Waals surface area (Å²) < 4.78 is 0.901. The number of rotatable bonds is 4. The van der Waals surface area contributed by atoms with Gasteiger partial charge < -0.3 is 11.2 Å². The van der Waals surface area contributed by atoms with Crippen LogP contribution in [0, 0.1) is 6.92 Å². The molecule has 0 atom stereocenters. The summed E-state index contributed by atoms with van der Waals surface area (Å²) in [6.45, 7) is 1.53. The molecule has 0 spiro atoms. The van der Waals surface area contributed by atoms with Gasteiger partial charge in [-0.25, -0.2) is 0 Å². The van der Waals surface area contributed by atoms with E-state index in [0.29, 0.717) is 0 Å². The highest BCUT2D eigenvalue weighted by atomic mass is 32.2. The Balaban J connectivity index is 1.72. The van der Waals surface area contributed by atoms with Crippen LogP contribution in [0.15, 0.2) is 52.4 Å². The van der Waals surface area contributed by atoms with Crippen LogP contribution in [0.2, 0.25) is 0 Å². The van der Waals surface area contributed by atoms with Crippen molar-refractivity contribution in [3.05, 3.63) is 58.5 Å². The Bertz CT molecular complexity index is 965. The number of carbonyl (C=O) groups excluding carboxylic acids is 1. The lowest BCUT2D eigenvalue weighted by atomic mass is 10.1. The summed E-state index contributed by atoms with van der Waals surface area (Å²) in [6, 6.07) is 13.5. The summed E-state index contributed by atoms with van der Waals surface area (Å²) in [4.78, 5) is 23.9. The molecule has 0 saturated carbocycles. The Hall–Kier alpha value is -2.87. The van der Waals surface area contributed by atoms with E-state index >= 15 is 0 Å². The average molecular weight is 341 g/mol. The maximum atomic E-state index is 12.2. The van der Waals surface area contributed by atoms with Crippen molar-refractivity contribution in [3.8, 4) is 0 Å². The molecule has 8 heteroatoms. The fraction of sp³-hybridized carbons (Fsp3) is 0.125. The third kappa shape index (κ3) is 3.23. The Labute approximate surface area is 141 Å². The maximum absolute atomic E-state index is 12.2. The molecule has 3 N–H and O–H groups in total. The Kier molecular flexibility index (Phi) is 4.48. The first-order valence-corrected chi connectivity index (χ1v) is 8.16. The minimum atomic E-state index is -0.429. The van der Waals surface area contributed by atoms with E-state index in [2.05, 4.69) is 15.5 Å². The van der Waals surface area contributed by atoms with Gasteiger partial charge in [0.1, 0.15) is 5.69 Å². The van der Waals surface area contributed by atoms with Crippen LogP contribution in [-0.4, -0.2) is 26.5 Å². The van der Waals surface area contributed by atoms with Crippen LogP contribution >= 0.6 is 11.8 Å². The number of nitrogens with zero attached hydrogens (tertiary/aromatic N) is 3. The first-order valence-electron chi connectivity index (χ1n) is 7.18. The smallest absolute Gasteiger partial charge is 0.294 e. The molecule has 3 aromatic rings. The van der Waals surface area contributed by atoms with Crippen molar-refractivity contribution < 1.29 is 4.79 Å². The van der Waals surface area contributed by atoms with Crippen molar-refractivity contribution in [2.45, 2.75) is 12.1 Å². The summed E-state index contributed by atoms with van der Waals surface area (Å²) in [7, 11) is 0. The SMILES string of the molecule is Cc1nnc(SCC(=O)Nc2cccc3ccccc23)n(N)c1=O. The summed E-state index contributed by atoms with van der Waals surface area (Å²) >= 11 is 1.05. The fourth-order valence-corrected chi connectivity index (χ4v) is 2.87. The zero-order valence-corrected chi connectivity index (χ0v) is 13.7. The van der Waals surface area contributed by atoms with Crippen molar-refractivity contribution >= 4 is 34.1 Å². The predicted octanol–water partition coefficient (Wildman–Crippen LogP) is 1.54. The zero-order chi connectivity index (χ0) is 17.1. The minimum Gasteiger partial charge on any atom is -0.334 e. The van der Waals surface area contributed by atoms with Gasteiger partial charge in [-0.05, 0) is 18.4 Å². The predicted molar refractivity (Wildman–Crippen MR) is 94.5 cm³/mol. The largest absolute Gasteiger partial charge is 0.334 e. The molecule has 0 radical (unpaired) electrons. The molecule has 0 fully saturated rings. The molecule has 122 valence electrons. The summed E-state index contributed by atoms with van der Waals surface area (Å²) in [5.41, 5.74) is 0.517. The molecule has 24 heavy (non-hydrogen) atoms. The normalized spacial score (nSPS) is 10.7. The van der Waals surface area contributed by atoms with Crippen LogP contribution in [0.25, 0.3) is 10.8 Å². The second kappa shape index (κ2) is 6.71. The molecule has 7 nitrogen and oxygen atoms in total. The molecule has 0 aliphatic heterocycles. The molecule has 2 aromatic carbocycles. The second-order valence-electron chi connectivity index (χ2n) is 5.11. The van der Waals surface area contributed by atoms with Gasteiger partial charge in [0.15, 0.2) is 0 Å². The number of aromatic nitrogens is 3.